The third-order valence-corrected chi connectivity index (χ3v) is 3.77. The predicted molar refractivity (Wildman–Crippen MR) is 92.0 cm³/mol. The average molecular weight is 361 g/mol. The van der Waals surface area contributed by atoms with Gasteiger partial charge in [-0.15, -0.1) is 0 Å². The predicted octanol–water partition coefficient (Wildman–Crippen LogP) is 3.70. The topological polar surface area (TPSA) is 87.1 Å². The van der Waals surface area contributed by atoms with E-state index in [0.717, 1.165) is 28.7 Å². The number of amides is 1. The molecule has 0 radical (unpaired) electrons. The number of carboxylic acid groups (broad SMARTS) is 1. The van der Waals surface area contributed by atoms with Crippen molar-refractivity contribution in [2.45, 2.75) is 32.5 Å². The number of halogens is 1. The fourth-order valence-corrected chi connectivity index (χ4v) is 2.55. The summed E-state index contributed by atoms with van der Waals surface area (Å²) in [6.45, 7) is 3.18. The molecule has 2 aromatic rings. The van der Waals surface area contributed by atoms with Crippen molar-refractivity contribution in [1.82, 2.24) is 4.90 Å². The first-order valence-corrected chi connectivity index (χ1v) is 8.01. The van der Waals surface area contributed by atoms with E-state index in [9.17, 15) is 24.2 Å². The van der Waals surface area contributed by atoms with Crippen molar-refractivity contribution < 1.29 is 28.9 Å². The molecule has 0 aliphatic heterocycles. The molecule has 2 N–H and O–H groups in total. The number of phenolic OH excluding ortho intramolecular Hbond substituents is 1. The zero-order valence-corrected chi connectivity index (χ0v) is 14.4. The van der Waals surface area contributed by atoms with Crippen LogP contribution in [0.5, 0.6) is 5.75 Å². The summed E-state index contributed by atoms with van der Waals surface area (Å²) in [6, 6.07) is 9.71. The Morgan fingerprint density at radius 1 is 1.15 bits per heavy atom. The van der Waals surface area contributed by atoms with Crippen LogP contribution >= 0.6 is 0 Å². The van der Waals surface area contributed by atoms with Gasteiger partial charge in [0.1, 0.15) is 18.2 Å². The van der Waals surface area contributed by atoms with Crippen LogP contribution in [0.3, 0.4) is 0 Å². The normalized spacial score (nSPS) is 11.8. The zero-order chi connectivity index (χ0) is 19.3. The number of rotatable bonds is 6. The SMILES string of the molecule is CC(C)N(C(=O)OCc1ccccc1)C(C(=O)O)c1cc(F)ccc1O. The van der Waals surface area contributed by atoms with Crippen LogP contribution in [0.25, 0.3) is 0 Å². The van der Waals surface area contributed by atoms with Crippen LogP contribution in [0.15, 0.2) is 48.5 Å². The number of benzene rings is 2. The highest BCUT2D eigenvalue weighted by atomic mass is 19.1. The summed E-state index contributed by atoms with van der Waals surface area (Å²) in [7, 11) is 0. The Morgan fingerprint density at radius 3 is 2.38 bits per heavy atom. The Kier molecular flexibility index (Phi) is 6.16. The minimum atomic E-state index is -1.59. The van der Waals surface area contributed by atoms with E-state index in [2.05, 4.69) is 0 Å². The molecule has 26 heavy (non-hydrogen) atoms. The molecule has 0 bridgehead atoms. The van der Waals surface area contributed by atoms with Crippen molar-refractivity contribution in [3.8, 4) is 5.75 Å². The molecule has 0 aromatic heterocycles. The van der Waals surface area contributed by atoms with Crippen molar-refractivity contribution in [1.29, 1.82) is 0 Å². The number of carbonyl (C=O) groups is 2. The molecule has 0 saturated carbocycles. The van der Waals surface area contributed by atoms with Gasteiger partial charge in [-0.3, -0.25) is 4.90 Å². The van der Waals surface area contributed by atoms with Gasteiger partial charge >= 0.3 is 12.1 Å². The number of carbonyl (C=O) groups excluding carboxylic acids is 1. The van der Waals surface area contributed by atoms with E-state index in [1.807, 2.05) is 6.07 Å². The van der Waals surface area contributed by atoms with E-state index in [1.54, 1.807) is 38.1 Å². The Bertz CT molecular complexity index is 779. The number of carboxylic acids is 1. The van der Waals surface area contributed by atoms with E-state index >= 15 is 0 Å². The number of hydrogen-bond donors (Lipinski definition) is 2. The number of aliphatic carboxylic acids is 1. The average Bonchev–Trinajstić information content (AvgIpc) is 2.60. The lowest BCUT2D eigenvalue weighted by atomic mass is 10.0. The van der Waals surface area contributed by atoms with Crippen molar-refractivity contribution in [2.75, 3.05) is 0 Å². The fourth-order valence-electron chi connectivity index (χ4n) is 2.55. The van der Waals surface area contributed by atoms with Gasteiger partial charge < -0.3 is 14.9 Å². The van der Waals surface area contributed by atoms with Crippen LogP contribution in [0.1, 0.15) is 31.0 Å². The van der Waals surface area contributed by atoms with Gasteiger partial charge in [0.15, 0.2) is 6.04 Å². The van der Waals surface area contributed by atoms with Crippen LogP contribution < -0.4 is 0 Å². The Labute approximate surface area is 150 Å². The maximum Gasteiger partial charge on any atom is 0.411 e. The molecule has 1 unspecified atom stereocenters. The summed E-state index contributed by atoms with van der Waals surface area (Å²) in [5.74, 6) is -2.54. The monoisotopic (exact) mass is 361 g/mol. The number of nitrogens with zero attached hydrogens (tertiary/aromatic N) is 1. The molecule has 0 fully saturated rings. The first-order valence-electron chi connectivity index (χ1n) is 8.01. The van der Waals surface area contributed by atoms with Crippen LogP contribution in [0, 0.1) is 5.82 Å². The molecule has 0 heterocycles. The molecule has 6 nitrogen and oxygen atoms in total. The van der Waals surface area contributed by atoms with Gasteiger partial charge in [-0.2, -0.15) is 0 Å². The Hall–Kier alpha value is -3.09. The highest BCUT2D eigenvalue weighted by molar-refractivity contribution is 5.82. The quantitative estimate of drug-likeness (QED) is 0.819. The highest BCUT2D eigenvalue weighted by Crippen LogP contribution is 2.31. The summed E-state index contributed by atoms with van der Waals surface area (Å²) < 4.78 is 18.8. The molecular weight excluding hydrogens is 341 g/mol. The van der Waals surface area contributed by atoms with Crippen LogP contribution in [0.2, 0.25) is 0 Å². The second kappa shape index (κ2) is 8.33. The third kappa shape index (κ3) is 4.50. The minimum absolute atomic E-state index is 0.0373. The highest BCUT2D eigenvalue weighted by Gasteiger charge is 2.36. The third-order valence-electron chi connectivity index (χ3n) is 3.77. The number of phenols is 1. The van der Waals surface area contributed by atoms with Gasteiger partial charge in [-0.25, -0.2) is 14.0 Å². The maximum absolute atomic E-state index is 13.6. The molecule has 0 spiro atoms. The van der Waals surface area contributed by atoms with E-state index in [-0.39, 0.29) is 12.2 Å². The molecule has 2 rings (SSSR count). The molecule has 138 valence electrons. The molecule has 0 saturated heterocycles. The van der Waals surface area contributed by atoms with E-state index in [4.69, 9.17) is 4.74 Å². The molecule has 0 aliphatic rings. The molecule has 1 atom stereocenters. The second-order valence-electron chi connectivity index (χ2n) is 5.99. The van der Waals surface area contributed by atoms with Crippen molar-refractivity contribution in [3.05, 3.63) is 65.5 Å². The van der Waals surface area contributed by atoms with E-state index < -0.39 is 35.7 Å². The van der Waals surface area contributed by atoms with Gasteiger partial charge in [0.2, 0.25) is 0 Å². The van der Waals surface area contributed by atoms with Crippen molar-refractivity contribution in [3.63, 3.8) is 0 Å². The molecule has 7 heteroatoms. The summed E-state index contributed by atoms with van der Waals surface area (Å²) in [4.78, 5) is 25.3. The smallest absolute Gasteiger partial charge is 0.411 e. The standard InChI is InChI=1S/C19H20FNO5/c1-12(2)21(19(25)26-11-13-6-4-3-5-7-13)17(18(23)24)15-10-14(20)8-9-16(15)22/h3-10,12,17,22H,11H2,1-2H3,(H,23,24). The van der Waals surface area contributed by atoms with Gasteiger partial charge in [0.25, 0.3) is 0 Å². The van der Waals surface area contributed by atoms with Gasteiger partial charge in [0.05, 0.1) is 0 Å². The molecule has 2 aromatic carbocycles. The van der Waals surface area contributed by atoms with Crippen LogP contribution in [0.4, 0.5) is 9.18 Å². The zero-order valence-electron chi connectivity index (χ0n) is 14.4. The number of ether oxygens (including phenoxy) is 1. The lowest BCUT2D eigenvalue weighted by Gasteiger charge is -2.32. The summed E-state index contributed by atoms with van der Waals surface area (Å²) in [6.07, 6.45) is -0.875. The van der Waals surface area contributed by atoms with E-state index in [0.29, 0.717) is 0 Å². The molecular formula is C19H20FNO5. The Balaban J connectivity index is 2.30. The summed E-state index contributed by atoms with van der Waals surface area (Å²) >= 11 is 0. The van der Waals surface area contributed by atoms with Crippen LogP contribution in [-0.2, 0) is 16.1 Å². The van der Waals surface area contributed by atoms with Crippen molar-refractivity contribution in [2.24, 2.45) is 0 Å². The largest absolute Gasteiger partial charge is 0.508 e. The van der Waals surface area contributed by atoms with Gasteiger partial charge in [0, 0.05) is 11.6 Å². The van der Waals surface area contributed by atoms with Crippen molar-refractivity contribution >= 4 is 12.1 Å². The van der Waals surface area contributed by atoms with Crippen LogP contribution in [-0.4, -0.2) is 33.2 Å². The summed E-state index contributed by atoms with van der Waals surface area (Å²) in [5.41, 5.74) is 0.521. The second-order valence-corrected chi connectivity index (χ2v) is 5.99. The Morgan fingerprint density at radius 2 is 1.81 bits per heavy atom. The number of aromatic hydroxyl groups is 1. The minimum Gasteiger partial charge on any atom is -0.508 e. The molecule has 1 amide bonds. The lowest BCUT2D eigenvalue weighted by Crippen LogP contribution is -2.43. The van der Waals surface area contributed by atoms with E-state index in [1.165, 1.54) is 0 Å². The van der Waals surface area contributed by atoms with Gasteiger partial charge in [-0.05, 0) is 37.6 Å². The molecule has 0 aliphatic carbocycles. The first-order chi connectivity index (χ1) is 12.3. The maximum atomic E-state index is 13.6. The first kappa shape index (κ1) is 19.2. The lowest BCUT2D eigenvalue weighted by molar-refractivity contribution is -0.143. The number of hydrogen-bond acceptors (Lipinski definition) is 4. The fraction of sp³-hybridized carbons (Fsp3) is 0.263. The summed E-state index contributed by atoms with van der Waals surface area (Å²) in [5, 5.41) is 19.6. The van der Waals surface area contributed by atoms with Gasteiger partial charge in [-0.1, -0.05) is 30.3 Å².